The summed E-state index contributed by atoms with van der Waals surface area (Å²) in [6, 6.07) is 4.86. The number of amides is 2. The van der Waals surface area contributed by atoms with Crippen LogP contribution in [0.2, 0.25) is 0 Å². The Morgan fingerprint density at radius 3 is 2.67 bits per heavy atom. The van der Waals surface area contributed by atoms with Crippen molar-refractivity contribution in [3.8, 4) is 0 Å². The van der Waals surface area contributed by atoms with Crippen LogP contribution in [-0.2, 0) is 4.79 Å². The van der Waals surface area contributed by atoms with Crippen LogP contribution in [0.1, 0.15) is 38.6 Å². The van der Waals surface area contributed by atoms with E-state index in [0.717, 1.165) is 11.3 Å². The van der Waals surface area contributed by atoms with Crippen molar-refractivity contribution in [2.75, 3.05) is 11.9 Å². The van der Waals surface area contributed by atoms with Crippen molar-refractivity contribution in [2.45, 2.75) is 19.8 Å². The van der Waals surface area contributed by atoms with E-state index < -0.39 is 17.3 Å². The molecule has 3 N–H and O–H groups in total. The number of hydrogen-bond donors (Lipinski definition) is 3. The molecular weight excluding hydrogens is 332 g/mol. The molecule has 0 radical (unpaired) electrons. The predicted molar refractivity (Wildman–Crippen MR) is 87.4 cm³/mol. The zero-order valence-corrected chi connectivity index (χ0v) is 13.7. The minimum Gasteiger partial charge on any atom is -0.481 e. The third-order valence-corrected chi connectivity index (χ3v) is 5.15. The molecule has 3 rings (SSSR count). The lowest BCUT2D eigenvalue weighted by atomic mass is 10.1. The van der Waals surface area contributed by atoms with Gasteiger partial charge in [0.1, 0.15) is 0 Å². The fourth-order valence-electron chi connectivity index (χ4n) is 2.30. The number of carbonyl (C=O) groups excluding carboxylic acids is 2. The van der Waals surface area contributed by atoms with E-state index in [1.807, 2.05) is 0 Å². The van der Waals surface area contributed by atoms with Gasteiger partial charge in [-0.3, -0.25) is 14.4 Å². The van der Waals surface area contributed by atoms with Crippen molar-refractivity contribution in [3.63, 3.8) is 0 Å². The maximum absolute atomic E-state index is 12.3. The number of carboxylic acids is 1. The molecule has 0 aliphatic heterocycles. The summed E-state index contributed by atoms with van der Waals surface area (Å²) in [5.41, 5.74) is -0.0932. The van der Waals surface area contributed by atoms with E-state index in [2.05, 4.69) is 10.6 Å². The molecule has 0 spiro atoms. The van der Waals surface area contributed by atoms with Gasteiger partial charge in [0.2, 0.25) is 0 Å². The fourth-order valence-corrected chi connectivity index (χ4v) is 3.28. The lowest BCUT2D eigenvalue weighted by Gasteiger charge is -2.10. The smallest absolute Gasteiger partial charge is 0.311 e. The van der Waals surface area contributed by atoms with Gasteiger partial charge in [-0.2, -0.15) is 0 Å². The lowest BCUT2D eigenvalue weighted by molar-refractivity contribution is -0.143. The summed E-state index contributed by atoms with van der Waals surface area (Å²) in [4.78, 5) is 35.8. The van der Waals surface area contributed by atoms with Crippen LogP contribution in [0.4, 0.5) is 5.00 Å². The third-order valence-electron chi connectivity index (χ3n) is 4.00. The number of aliphatic carboxylic acids is 1. The molecule has 0 unspecified atom stereocenters. The highest BCUT2D eigenvalue weighted by molar-refractivity contribution is 7.18. The monoisotopic (exact) mass is 348 g/mol. The summed E-state index contributed by atoms with van der Waals surface area (Å²) in [6.45, 7) is 1.88. The summed E-state index contributed by atoms with van der Waals surface area (Å²) >= 11 is 1.14. The van der Waals surface area contributed by atoms with Gasteiger partial charge in [-0.15, -0.1) is 11.3 Å². The second-order valence-corrected chi connectivity index (χ2v) is 6.87. The average molecular weight is 348 g/mol. The summed E-state index contributed by atoms with van der Waals surface area (Å²) in [5.74, 6) is -1.42. The number of anilines is 1. The number of hydrogen-bond acceptors (Lipinski definition) is 5. The van der Waals surface area contributed by atoms with E-state index in [4.69, 9.17) is 9.52 Å². The summed E-state index contributed by atoms with van der Waals surface area (Å²) in [6.07, 6.45) is 2.57. The number of rotatable bonds is 6. The number of nitrogens with one attached hydrogen (secondary N) is 2. The molecule has 8 heteroatoms. The van der Waals surface area contributed by atoms with Crippen LogP contribution in [0.3, 0.4) is 0 Å². The molecule has 2 aromatic heterocycles. The fraction of sp³-hybridized carbons (Fsp3) is 0.312. The Morgan fingerprint density at radius 1 is 1.33 bits per heavy atom. The van der Waals surface area contributed by atoms with Gasteiger partial charge < -0.3 is 20.2 Å². The molecular formula is C16H16N2O5S. The van der Waals surface area contributed by atoms with E-state index in [9.17, 15) is 14.4 Å². The Labute approximate surface area is 141 Å². The van der Waals surface area contributed by atoms with Gasteiger partial charge in [-0.05, 0) is 43.5 Å². The number of carboxylic acid groups (broad SMARTS) is 1. The second kappa shape index (κ2) is 6.12. The molecule has 126 valence electrons. The summed E-state index contributed by atoms with van der Waals surface area (Å²) < 4.78 is 5.02. The number of thiophene rings is 1. The van der Waals surface area contributed by atoms with Crippen LogP contribution in [0.25, 0.3) is 0 Å². The van der Waals surface area contributed by atoms with Crippen molar-refractivity contribution in [1.82, 2.24) is 5.32 Å². The van der Waals surface area contributed by atoms with Gasteiger partial charge in [-0.1, -0.05) is 0 Å². The molecule has 1 aliphatic carbocycles. The second-order valence-electron chi connectivity index (χ2n) is 5.82. The molecule has 7 nitrogen and oxygen atoms in total. The molecule has 0 atom stereocenters. The van der Waals surface area contributed by atoms with Crippen LogP contribution in [-0.4, -0.2) is 29.4 Å². The third kappa shape index (κ3) is 3.18. The van der Waals surface area contributed by atoms with Gasteiger partial charge in [0.05, 0.1) is 21.6 Å². The molecule has 24 heavy (non-hydrogen) atoms. The van der Waals surface area contributed by atoms with Crippen LogP contribution >= 0.6 is 11.3 Å². The average Bonchev–Trinajstić information content (AvgIpc) is 2.96. The molecule has 1 aliphatic rings. The van der Waals surface area contributed by atoms with Crippen LogP contribution in [0.5, 0.6) is 0 Å². The molecule has 2 amide bonds. The van der Waals surface area contributed by atoms with Crippen LogP contribution in [0, 0.1) is 12.3 Å². The van der Waals surface area contributed by atoms with Crippen molar-refractivity contribution in [2.24, 2.45) is 5.41 Å². The molecule has 2 aromatic rings. The maximum Gasteiger partial charge on any atom is 0.311 e. The van der Waals surface area contributed by atoms with Crippen molar-refractivity contribution in [1.29, 1.82) is 0 Å². The number of furan rings is 1. The van der Waals surface area contributed by atoms with Gasteiger partial charge in [0.15, 0.2) is 5.76 Å². The predicted octanol–water partition coefficient (Wildman–Crippen LogP) is 2.50. The molecule has 1 saturated carbocycles. The van der Waals surface area contributed by atoms with Crippen LogP contribution < -0.4 is 10.6 Å². The Kier molecular flexibility index (Phi) is 4.15. The molecule has 0 bridgehead atoms. The number of carbonyl (C=O) groups is 3. The lowest BCUT2D eigenvalue weighted by Crippen LogP contribution is -2.34. The molecule has 1 fully saturated rings. The normalized spacial score (nSPS) is 14.9. The highest BCUT2D eigenvalue weighted by atomic mass is 32.1. The van der Waals surface area contributed by atoms with E-state index in [1.54, 1.807) is 25.1 Å². The Hall–Kier alpha value is -2.61. The zero-order valence-electron chi connectivity index (χ0n) is 12.9. The van der Waals surface area contributed by atoms with Crippen molar-refractivity contribution < 1.29 is 23.9 Å². The van der Waals surface area contributed by atoms with E-state index >= 15 is 0 Å². The quantitative estimate of drug-likeness (QED) is 0.743. The first-order chi connectivity index (χ1) is 11.4. The van der Waals surface area contributed by atoms with E-state index in [-0.39, 0.29) is 18.2 Å². The minimum atomic E-state index is -0.878. The first-order valence-corrected chi connectivity index (χ1v) is 8.20. The van der Waals surface area contributed by atoms with E-state index in [0.29, 0.717) is 28.3 Å². The van der Waals surface area contributed by atoms with E-state index in [1.165, 1.54) is 6.26 Å². The first kappa shape index (κ1) is 16.3. The maximum atomic E-state index is 12.3. The SMILES string of the molecule is Cc1cc(NC(=O)c2ccco2)sc1C(=O)NCC1(C(=O)O)CC1. The molecule has 0 aromatic carbocycles. The minimum absolute atomic E-state index is 0.118. The Morgan fingerprint density at radius 2 is 2.08 bits per heavy atom. The van der Waals surface area contributed by atoms with Crippen molar-refractivity contribution in [3.05, 3.63) is 40.7 Å². The van der Waals surface area contributed by atoms with Gasteiger partial charge >= 0.3 is 5.97 Å². The highest BCUT2D eigenvalue weighted by Crippen LogP contribution is 2.45. The summed E-state index contributed by atoms with van der Waals surface area (Å²) in [7, 11) is 0. The molecule has 0 saturated heterocycles. The van der Waals surface area contributed by atoms with Gasteiger partial charge in [0, 0.05) is 6.54 Å². The van der Waals surface area contributed by atoms with Crippen LogP contribution in [0.15, 0.2) is 28.9 Å². The Bertz CT molecular complexity index is 790. The van der Waals surface area contributed by atoms with Gasteiger partial charge in [0.25, 0.3) is 11.8 Å². The molecule has 2 heterocycles. The first-order valence-electron chi connectivity index (χ1n) is 7.38. The highest BCUT2D eigenvalue weighted by Gasteiger charge is 2.50. The summed E-state index contributed by atoms with van der Waals surface area (Å²) in [5, 5.41) is 15.0. The number of aryl methyl sites for hydroxylation is 1. The zero-order chi connectivity index (χ0) is 17.3. The standard InChI is InChI=1S/C16H16N2O5S/c1-9-7-11(18-13(19)10-3-2-6-23-10)24-12(9)14(20)17-8-16(4-5-16)15(21)22/h2-3,6-7H,4-5,8H2,1H3,(H,17,20)(H,18,19)(H,21,22). The van der Waals surface area contributed by atoms with Crippen molar-refractivity contribution >= 4 is 34.1 Å². The largest absolute Gasteiger partial charge is 0.481 e. The van der Waals surface area contributed by atoms with Gasteiger partial charge in [-0.25, -0.2) is 0 Å². The topological polar surface area (TPSA) is 109 Å². The Balaban J connectivity index is 1.64.